The third-order valence-corrected chi connectivity index (χ3v) is 30.2. The van der Waals surface area contributed by atoms with E-state index in [9.17, 15) is 29.1 Å². The highest BCUT2D eigenvalue weighted by Crippen LogP contribution is 2.57. The highest BCUT2D eigenvalue weighted by molar-refractivity contribution is 8.07. The molecule has 10 rings (SSSR count). The summed E-state index contributed by atoms with van der Waals surface area (Å²) in [4.78, 5) is 76.8. The van der Waals surface area contributed by atoms with Crippen molar-refractivity contribution >= 4 is 89.3 Å². The number of H-pyrrole nitrogens is 1. The molecule has 2 aliphatic heterocycles. The number of amides is 2. The van der Waals surface area contributed by atoms with Crippen molar-refractivity contribution in [1.82, 2.24) is 39.0 Å². The Hall–Kier alpha value is -7.28. The lowest BCUT2D eigenvalue weighted by atomic mass is 9.80. The topological polar surface area (TPSA) is 328 Å². The molecule has 10 atom stereocenters. The number of ether oxygens (including phenoxy) is 5. The van der Waals surface area contributed by atoms with Crippen LogP contribution in [0.5, 0.6) is 11.5 Å². The third-order valence-electron chi connectivity index (χ3n) is 18.4. The number of anilines is 2. The molecule has 0 aliphatic carbocycles. The van der Waals surface area contributed by atoms with Crippen LogP contribution in [-0.2, 0) is 67.9 Å². The Kier molecular flexibility index (Phi) is 22.9. The zero-order valence-corrected chi connectivity index (χ0v) is 62.4. The number of hydrogen-bond donors (Lipinski definition) is 4. The summed E-state index contributed by atoms with van der Waals surface area (Å²) in [5.41, 5.74) is 0.799. The van der Waals surface area contributed by atoms with Crippen molar-refractivity contribution in [2.75, 3.05) is 44.7 Å². The molecule has 2 amide bonds. The number of aromatic nitrogens is 8. The summed E-state index contributed by atoms with van der Waals surface area (Å²) >= 11 is 6.55. The van der Waals surface area contributed by atoms with Gasteiger partial charge in [0.25, 0.3) is 11.5 Å². The number of nitriles is 1. The van der Waals surface area contributed by atoms with E-state index in [0.717, 1.165) is 16.7 Å². The number of hydrogen-bond acceptors (Lipinski definition) is 22. The van der Waals surface area contributed by atoms with Gasteiger partial charge in [0.2, 0.25) is 11.9 Å². The van der Waals surface area contributed by atoms with Gasteiger partial charge in [0, 0.05) is 11.5 Å². The van der Waals surface area contributed by atoms with Crippen molar-refractivity contribution in [2.45, 2.75) is 153 Å². The van der Waals surface area contributed by atoms with E-state index in [1.165, 1.54) is 23.5 Å². The normalized spacial score (nSPS) is 21.0. The molecule has 2 aliphatic rings. The average Bonchev–Trinajstić information content (AvgIpc) is 1.74. The zero-order valence-electron chi connectivity index (χ0n) is 57.7. The molecular weight excluding hydrogens is 1360 g/mol. The number of carbonyl (C=O) groups excluding carboxylic acids is 2. The molecule has 4 N–H and O–H groups in total. The van der Waals surface area contributed by atoms with Crippen molar-refractivity contribution in [3.05, 3.63) is 161 Å². The van der Waals surface area contributed by atoms with Gasteiger partial charge in [0.05, 0.1) is 59.2 Å². The first-order valence-corrected chi connectivity index (χ1v) is 41.9. The van der Waals surface area contributed by atoms with Gasteiger partial charge in [0.15, 0.2) is 57.2 Å². The summed E-state index contributed by atoms with van der Waals surface area (Å²) in [6, 6.07) is 35.7. The molecule has 6 heterocycles. The molecule has 32 heteroatoms. The van der Waals surface area contributed by atoms with Gasteiger partial charge in [-0.05, 0) is 101 Å². The van der Waals surface area contributed by atoms with Crippen LogP contribution < -0.4 is 25.7 Å². The molecule has 2 unspecified atom stereocenters. The number of nitrogens with zero attached hydrogens (tertiary/aromatic N) is 8. The van der Waals surface area contributed by atoms with Gasteiger partial charge < -0.3 is 56.3 Å². The van der Waals surface area contributed by atoms with Crippen LogP contribution in [0, 0.1) is 17.2 Å². The molecule has 0 bridgehead atoms. The Morgan fingerprint density at radius 2 is 1.25 bits per heavy atom. The van der Waals surface area contributed by atoms with Crippen molar-refractivity contribution in [1.29, 1.82) is 5.26 Å². The highest BCUT2D eigenvalue weighted by atomic mass is 32.5. The fourth-order valence-electron chi connectivity index (χ4n) is 11.0. The first kappa shape index (κ1) is 74.4. The lowest BCUT2D eigenvalue weighted by Crippen LogP contribution is -2.51. The summed E-state index contributed by atoms with van der Waals surface area (Å²) < 4.78 is 91.0. The van der Waals surface area contributed by atoms with Gasteiger partial charge in [0.1, 0.15) is 60.1 Å². The average molecular weight is 1450 g/mol. The number of fused-ring (bicyclic) bond motifs is 2. The molecule has 0 spiro atoms. The molecule has 4 aromatic carbocycles. The summed E-state index contributed by atoms with van der Waals surface area (Å²) in [6.07, 6.45) is -6.17. The smallest absolute Gasteiger partial charge is 0.327 e. The molecule has 0 saturated carbocycles. The van der Waals surface area contributed by atoms with E-state index in [2.05, 4.69) is 70.5 Å². The fourth-order valence-corrected chi connectivity index (χ4v) is 16.2. The SMILES string of the molecule is COc1ccc(C(OC[C@H]2O[C@@H](n3cnc4c(NC(=O)c5ccccc5)ncnc43)[C@H](OP(=S)(OCCC#N)OC[C@H]3O[C@@H](n4cnc5c(=O)[nH]c(NC(=O)C(C)C)nc54)[C@H](O[Si](C)(C)C(C)(C)C)[C@@H]3O[PH](=O)O)[C@@H]2O[Si](C)(C)C(C)(C)C)(c2ccccc2)c2ccc(OC)cc2)cc1. The van der Waals surface area contributed by atoms with Crippen LogP contribution in [0.25, 0.3) is 22.3 Å². The van der Waals surface area contributed by atoms with Crippen LogP contribution in [0.15, 0.2) is 133 Å². The second-order valence-electron chi connectivity index (χ2n) is 27.3. The molecule has 8 aromatic rings. The summed E-state index contributed by atoms with van der Waals surface area (Å²) in [5, 5.41) is 14.7. The number of rotatable bonds is 28. The van der Waals surface area contributed by atoms with Gasteiger partial charge in [-0.25, -0.2) is 19.9 Å². The number of nitrogens with one attached hydrogen (secondary N) is 3. The Labute approximate surface area is 582 Å². The molecule has 27 nitrogen and oxygen atoms in total. The zero-order chi connectivity index (χ0) is 71.4. The van der Waals surface area contributed by atoms with Crippen molar-refractivity contribution < 1.29 is 69.7 Å². The standard InChI is InChI=1S/C67H85N11O16P2SSi2/c1-41(2)59(79)75-64-74-58-51(61(81)76-64)72-40-78(58)63-55(94-99(13,14)66(6,7)8)52(91-95(82)83)49(90-63)37-88-96(97,87-35-21-34-68)92-54-53(93-98(11,12)65(3,4)5)48(89-62(54)77-39-71-50-56(69-38-70-57(50)77)73-60(80)42-22-17-15-18-23-42)36-86-67(43-24-19-16-20-25-43,44-26-30-46(84-9)31-27-44)45-28-32-47(85-10)33-29-45/h15-20,22-33,38-41,48-49,52-55,62-63,95H,21,35-37H2,1-14H3,(H,82,83)(H,69,70,73,80)(H2,74,75,76,79,81)/t48-,49-,52-,53-,54-,55-,62-,63-,96?/m1/s1. The van der Waals surface area contributed by atoms with E-state index in [0.29, 0.717) is 17.1 Å². The predicted molar refractivity (Wildman–Crippen MR) is 379 cm³/mol. The summed E-state index contributed by atoms with van der Waals surface area (Å²) in [7, 11) is -6.55. The monoisotopic (exact) mass is 1450 g/mol. The highest BCUT2D eigenvalue weighted by Gasteiger charge is 2.57. The number of aromatic amines is 1. The van der Waals surface area contributed by atoms with E-state index in [1.807, 2.05) is 113 Å². The maximum Gasteiger partial charge on any atom is 0.327 e. The molecule has 2 fully saturated rings. The minimum atomic E-state index is -4.36. The van der Waals surface area contributed by atoms with Gasteiger partial charge in [-0.3, -0.25) is 42.9 Å². The minimum Gasteiger partial charge on any atom is -0.497 e. The van der Waals surface area contributed by atoms with Crippen molar-refractivity contribution in [3.63, 3.8) is 0 Å². The molecule has 4 aromatic heterocycles. The summed E-state index contributed by atoms with van der Waals surface area (Å²) in [5.74, 6) is -0.184. The maximum absolute atomic E-state index is 13.8. The van der Waals surface area contributed by atoms with Crippen LogP contribution in [0.3, 0.4) is 0 Å². The van der Waals surface area contributed by atoms with Crippen LogP contribution >= 0.6 is 15.0 Å². The lowest BCUT2D eigenvalue weighted by molar-refractivity contribution is -0.118. The largest absolute Gasteiger partial charge is 0.497 e. The van der Waals surface area contributed by atoms with Crippen molar-refractivity contribution in [2.24, 2.45) is 5.92 Å². The Balaban J connectivity index is 1.11. The van der Waals surface area contributed by atoms with E-state index < -0.39 is 126 Å². The summed E-state index contributed by atoms with van der Waals surface area (Å²) in [6.45, 7) is 18.4. The van der Waals surface area contributed by atoms with E-state index in [1.54, 1.807) is 63.0 Å². The van der Waals surface area contributed by atoms with Gasteiger partial charge >= 0.3 is 15.0 Å². The second kappa shape index (κ2) is 30.5. The lowest BCUT2D eigenvalue weighted by Gasteiger charge is -2.42. The molecule has 0 radical (unpaired) electrons. The number of benzene rings is 4. The number of carbonyl (C=O) groups is 2. The number of imidazole rings is 2. The van der Waals surface area contributed by atoms with Crippen molar-refractivity contribution in [3.8, 4) is 17.6 Å². The first-order chi connectivity index (χ1) is 46.9. The quantitative estimate of drug-likeness (QED) is 0.0153. The molecule has 528 valence electrons. The second-order valence-corrected chi connectivity index (χ2v) is 40.5. The third kappa shape index (κ3) is 16.2. The van der Waals surface area contributed by atoms with Crippen LogP contribution in [0.4, 0.5) is 11.8 Å². The van der Waals surface area contributed by atoms with E-state index in [4.69, 9.17) is 72.4 Å². The van der Waals surface area contributed by atoms with E-state index in [-0.39, 0.29) is 53.7 Å². The van der Waals surface area contributed by atoms with Gasteiger partial charge in [-0.2, -0.15) is 10.2 Å². The molecule has 99 heavy (non-hydrogen) atoms. The Morgan fingerprint density at radius 1 is 0.717 bits per heavy atom. The molecular formula is C67H85N11O16P2SSi2. The Bertz CT molecular complexity index is 4280. The molecule has 2 saturated heterocycles. The number of methoxy groups -OCH3 is 2. The fraction of sp³-hybridized carbons (Fsp3) is 0.448. The minimum absolute atomic E-state index is 0.0209. The van der Waals surface area contributed by atoms with Crippen LogP contribution in [0.2, 0.25) is 36.3 Å². The van der Waals surface area contributed by atoms with Crippen LogP contribution in [0.1, 0.15) is 101 Å². The van der Waals surface area contributed by atoms with Gasteiger partial charge in [-0.1, -0.05) is 128 Å². The first-order valence-electron chi connectivity index (χ1n) is 32.2. The maximum atomic E-state index is 13.8. The van der Waals surface area contributed by atoms with E-state index >= 15 is 0 Å². The van der Waals surface area contributed by atoms with Gasteiger partial charge in [-0.15, -0.1) is 0 Å². The Morgan fingerprint density at radius 3 is 1.81 bits per heavy atom. The van der Waals surface area contributed by atoms with Crippen LogP contribution in [-0.4, -0.2) is 143 Å². The predicted octanol–water partition coefficient (Wildman–Crippen LogP) is 11.7.